The van der Waals surface area contributed by atoms with E-state index in [1.165, 1.54) is 0 Å². The highest BCUT2D eigenvalue weighted by molar-refractivity contribution is 5.66. The highest BCUT2D eigenvalue weighted by atomic mass is 16.4. The molecule has 0 saturated carbocycles. The van der Waals surface area contributed by atoms with Crippen LogP contribution in [0, 0.1) is 0 Å². The highest BCUT2D eigenvalue weighted by Gasteiger charge is 2.10. The fourth-order valence-corrected chi connectivity index (χ4v) is 1.47. The molecule has 0 unspecified atom stereocenters. The first-order chi connectivity index (χ1) is 8.16. The molecule has 1 N–H and O–H groups in total. The molecule has 0 saturated heterocycles. The van der Waals surface area contributed by atoms with Gasteiger partial charge in [-0.1, -0.05) is 0 Å². The molecule has 0 aliphatic rings. The minimum absolute atomic E-state index is 0.0546. The van der Waals surface area contributed by atoms with Crippen molar-refractivity contribution in [3.8, 4) is 11.4 Å². The second-order valence-electron chi connectivity index (χ2n) is 3.61. The molecule has 0 spiro atoms. The van der Waals surface area contributed by atoms with Crippen LogP contribution in [0.3, 0.4) is 0 Å². The zero-order chi connectivity index (χ0) is 12.3. The predicted octanol–water partition coefficient (Wildman–Crippen LogP) is 0.894. The number of pyridine rings is 1. The lowest BCUT2D eigenvalue weighted by molar-refractivity contribution is -0.137. The fraction of sp³-hybridized carbons (Fsp3) is 0.273. The van der Waals surface area contributed by atoms with Crippen LogP contribution in [0.25, 0.3) is 11.4 Å². The van der Waals surface area contributed by atoms with Gasteiger partial charge >= 0.3 is 5.97 Å². The second-order valence-corrected chi connectivity index (χ2v) is 3.61. The molecule has 2 heterocycles. The van der Waals surface area contributed by atoms with Gasteiger partial charge in [0.05, 0.1) is 6.42 Å². The Morgan fingerprint density at radius 1 is 1.53 bits per heavy atom. The van der Waals surface area contributed by atoms with Gasteiger partial charge in [0.2, 0.25) is 0 Å². The Bertz CT molecular complexity index is 522. The molecule has 6 nitrogen and oxygen atoms in total. The average molecular weight is 232 g/mol. The van der Waals surface area contributed by atoms with E-state index >= 15 is 0 Å². The lowest BCUT2D eigenvalue weighted by atomic mass is 10.3. The third-order valence-corrected chi connectivity index (χ3v) is 2.34. The maximum atomic E-state index is 10.5. The van der Waals surface area contributed by atoms with E-state index in [0.29, 0.717) is 18.1 Å². The normalized spacial score (nSPS) is 10.4. The van der Waals surface area contributed by atoms with Crippen molar-refractivity contribution in [2.45, 2.75) is 12.8 Å². The topological polar surface area (TPSA) is 80.9 Å². The SMILES string of the molecule is Cn1nc(-c2cccnc2)nc1CCC(=O)O. The molecule has 0 fully saturated rings. The fourth-order valence-electron chi connectivity index (χ4n) is 1.47. The summed E-state index contributed by atoms with van der Waals surface area (Å²) in [6.45, 7) is 0. The Hall–Kier alpha value is -2.24. The maximum absolute atomic E-state index is 10.5. The number of aryl methyl sites for hydroxylation is 2. The molecule has 0 aliphatic carbocycles. The van der Waals surface area contributed by atoms with Crippen LogP contribution in [0.1, 0.15) is 12.2 Å². The summed E-state index contributed by atoms with van der Waals surface area (Å²) in [7, 11) is 1.75. The summed E-state index contributed by atoms with van der Waals surface area (Å²) in [5, 5.41) is 12.9. The van der Waals surface area contributed by atoms with Crippen molar-refractivity contribution in [1.29, 1.82) is 0 Å². The minimum Gasteiger partial charge on any atom is -0.481 e. The lowest BCUT2D eigenvalue weighted by Crippen LogP contribution is -2.03. The van der Waals surface area contributed by atoms with Gasteiger partial charge in [-0.2, -0.15) is 5.10 Å². The van der Waals surface area contributed by atoms with Crippen molar-refractivity contribution >= 4 is 5.97 Å². The molecule has 6 heteroatoms. The smallest absolute Gasteiger partial charge is 0.303 e. The molecule has 0 aromatic carbocycles. The highest BCUT2D eigenvalue weighted by Crippen LogP contribution is 2.13. The van der Waals surface area contributed by atoms with Crippen LogP contribution in [-0.4, -0.2) is 30.8 Å². The Morgan fingerprint density at radius 2 is 2.35 bits per heavy atom. The third kappa shape index (κ3) is 2.66. The number of hydrogen-bond acceptors (Lipinski definition) is 4. The summed E-state index contributed by atoms with van der Waals surface area (Å²) in [5.41, 5.74) is 0.824. The summed E-state index contributed by atoms with van der Waals surface area (Å²) < 4.78 is 1.60. The maximum Gasteiger partial charge on any atom is 0.303 e. The van der Waals surface area contributed by atoms with E-state index in [2.05, 4.69) is 15.1 Å². The number of carbonyl (C=O) groups is 1. The Morgan fingerprint density at radius 3 is 3.00 bits per heavy atom. The van der Waals surface area contributed by atoms with Gasteiger partial charge < -0.3 is 5.11 Å². The van der Waals surface area contributed by atoms with Crippen LogP contribution in [0.2, 0.25) is 0 Å². The zero-order valence-electron chi connectivity index (χ0n) is 9.37. The molecule has 0 bridgehead atoms. The van der Waals surface area contributed by atoms with Crippen molar-refractivity contribution < 1.29 is 9.90 Å². The number of hydrogen-bond donors (Lipinski definition) is 1. The summed E-state index contributed by atoms with van der Waals surface area (Å²) >= 11 is 0. The van der Waals surface area contributed by atoms with Crippen molar-refractivity contribution in [3.63, 3.8) is 0 Å². The van der Waals surface area contributed by atoms with Crippen LogP contribution in [-0.2, 0) is 18.3 Å². The van der Waals surface area contributed by atoms with Crippen LogP contribution in [0.15, 0.2) is 24.5 Å². The molecule has 2 rings (SSSR count). The first-order valence-corrected chi connectivity index (χ1v) is 5.19. The number of nitrogens with zero attached hydrogens (tertiary/aromatic N) is 4. The first kappa shape index (κ1) is 11.3. The van der Waals surface area contributed by atoms with E-state index in [1.54, 1.807) is 24.1 Å². The van der Waals surface area contributed by atoms with E-state index in [0.717, 1.165) is 5.56 Å². The molecule has 0 radical (unpaired) electrons. The van der Waals surface area contributed by atoms with Gasteiger partial charge in [0.1, 0.15) is 5.82 Å². The van der Waals surface area contributed by atoms with Crippen LogP contribution < -0.4 is 0 Å². The van der Waals surface area contributed by atoms with Gasteiger partial charge in [0, 0.05) is 31.4 Å². The third-order valence-electron chi connectivity index (χ3n) is 2.34. The monoisotopic (exact) mass is 232 g/mol. The van der Waals surface area contributed by atoms with E-state index in [4.69, 9.17) is 5.11 Å². The number of aromatic nitrogens is 4. The predicted molar refractivity (Wildman–Crippen MR) is 60.2 cm³/mol. The van der Waals surface area contributed by atoms with E-state index < -0.39 is 5.97 Å². The Balaban J connectivity index is 2.22. The van der Waals surface area contributed by atoms with Crippen molar-refractivity contribution in [2.24, 2.45) is 7.05 Å². The van der Waals surface area contributed by atoms with Crippen molar-refractivity contribution in [1.82, 2.24) is 19.7 Å². The average Bonchev–Trinajstić information content (AvgIpc) is 2.69. The van der Waals surface area contributed by atoms with Crippen LogP contribution in [0.4, 0.5) is 0 Å². The largest absolute Gasteiger partial charge is 0.481 e. The van der Waals surface area contributed by atoms with Gasteiger partial charge in [0.25, 0.3) is 0 Å². The quantitative estimate of drug-likeness (QED) is 0.846. The van der Waals surface area contributed by atoms with E-state index in [-0.39, 0.29) is 6.42 Å². The first-order valence-electron chi connectivity index (χ1n) is 5.19. The molecule has 17 heavy (non-hydrogen) atoms. The molecule has 0 aliphatic heterocycles. The van der Waals surface area contributed by atoms with Gasteiger partial charge in [-0.25, -0.2) is 4.98 Å². The number of carboxylic acid groups (broad SMARTS) is 1. The van der Waals surface area contributed by atoms with E-state index in [9.17, 15) is 4.79 Å². The summed E-state index contributed by atoms with van der Waals surface area (Å²) in [4.78, 5) is 18.8. The van der Waals surface area contributed by atoms with Crippen LogP contribution in [0.5, 0.6) is 0 Å². The number of rotatable bonds is 4. The molecule has 88 valence electrons. The number of aliphatic carboxylic acids is 1. The van der Waals surface area contributed by atoms with Crippen molar-refractivity contribution in [2.75, 3.05) is 0 Å². The Kier molecular flexibility index (Phi) is 3.13. The summed E-state index contributed by atoms with van der Waals surface area (Å²) in [6, 6.07) is 3.67. The second kappa shape index (κ2) is 4.73. The minimum atomic E-state index is -0.837. The summed E-state index contributed by atoms with van der Waals surface area (Å²) in [6.07, 6.45) is 3.78. The molecule has 2 aromatic heterocycles. The standard InChI is InChI=1S/C11H12N4O2/c1-15-9(4-5-10(16)17)13-11(14-15)8-3-2-6-12-7-8/h2-3,6-7H,4-5H2,1H3,(H,16,17). The van der Waals surface area contributed by atoms with Gasteiger partial charge in [0.15, 0.2) is 5.82 Å². The number of carboxylic acids is 1. The molecular weight excluding hydrogens is 220 g/mol. The van der Waals surface area contributed by atoms with E-state index in [1.807, 2.05) is 12.1 Å². The van der Waals surface area contributed by atoms with Gasteiger partial charge in [-0.15, -0.1) is 0 Å². The lowest BCUT2D eigenvalue weighted by Gasteiger charge is -1.95. The molecule has 0 atom stereocenters. The molecule has 2 aromatic rings. The van der Waals surface area contributed by atoms with Crippen molar-refractivity contribution in [3.05, 3.63) is 30.4 Å². The van der Waals surface area contributed by atoms with Crippen LogP contribution >= 0.6 is 0 Å². The summed E-state index contributed by atoms with van der Waals surface area (Å²) in [5.74, 6) is 0.392. The molecule has 0 amide bonds. The Labute approximate surface area is 98.0 Å². The zero-order valence-corrected chi connectivity index (χ0v) is 9.37. The van der Waals surface area contributed by atoms with Gasteiger partial charge in [-0.05, 0) is 12.1 Å². The molecular formula is C11H12N4O2. The van der Waals surface area contributed by atoms with Gasteiger partial charge in [-0.3, -0.25) is 14.5 Å².